The largest absolute Gasteiger partial charge is 0.492 e. The average molecular weight is 398 g/mol. The lowest BCUT2D eigenvalue weighted by Crippen LogP contribution is -2.34. The van der Waals surface area contributed by atoms with Gasteiger partial charge in [0.25, 0.3) is 17.4 Å². The summed E-state index contributed by atoms with van der Waals surface area (Å²) in [5.74, 6) is 0.319. The molecule has 0 unspecified atom stereocenters. The zero-order valence-corrected chi connectivity index (χ0v) is 16.6. The van der Waals surface area contributed by atoms with Crippen LogP contribution in [0.5, 0.6) is 5.75 Å². The normalized spacial score (nSPS) is 17.5. The number of ether oxygens (including phenoxy) is 1. The Morgan fingerprint density at radius 3 is 2.52 bits per heavy atom. The van der Waals surface area contributed by atoms with E-state index in [0.29, 0.717) is 24.8 Å². The summed E-state index contributed by atoms with van der Waals surface area (Å²) < 4.78 is 6.83. The van der Waals surface area contributed by atoms with E-state index in [1.54, 1.807) is 12.1 Å². The third kappa shape index (κ3) is 5.03. The number of hydrogen-bond donors (Lipinski definition) is 3. The van der Waals surface area contributed by atoms with Crippen LogP contribution in [-0.4, -0.2) is 42.6 Å². The molecule has 1 aromatic heterocycles. The number of hydrogen-bond acceptors (Lipinski definition) is 5. The first kappa shape index (κ1) is 20.6. The Morgan fingerprint density at radius 2 is 1.93 bits per heavy atom. The van der Waals surface area contributed by atoms with Gasteiger partial charge in [0.05, 0.1) is 12.1 Å². The van der Waals surface area contributed by atoms with Gasteiger partial charge in [0.1, 0.15) is 17.9 Å². The van der Waals surface area contributed by atoms with Crippen LogP contribution in [0.25, 0.3) is 0 Å². The average Bonchev–Trinajstić information content (AvgIpc) is 3.42. The van der Waals surface area contributed by atoms with E-state index in [9.17, 15) is 14.4 Å². The van der Waals surface area contributed by atoms with Gasteiger partial charge < -0.3 is 25.7 Å². The molecule has 2 atom stereocenters. The molecule has 0 saturated heterocycles. The first-order valence-corrected chi connectivity index (χ1v) is 9.62. The molecule has 2 amide bonds. The summed E-state index contributed by atoms with van der Waals surface area (Å²) in [5, 5.41) is 5.38. The summed E-state index contributed by atoms with van der Waals surface area (Å²) in [6, 6.07) is 8.74. The van der Waals surface area contributed by atoms with E-state index in [0.717, 1.165) is 12.0 Å². The van der Waals surface area contributed by atoms with Crippen molar-refractivity contribution in [1.82, 2.24) is 15.2 Å². The number of carbonyl (C=O) groups is 2. The van der Waals surface area contributed by atoms with Crippen LogP contribution in [0.15, 0.2) is 41.3 Å². The maximum absolute atomic E-state index is 12.8. The Balaban J connectivity index is 1.87. The van der Waals surface area contributed by atoms with Gasteiger partial charge in [-0.3, -0.25) is 14.4 Å². The van der Waals surface area contributed by atoms with Crippen LogP contribution in [0.2, 0.25) is 0 Å². The molecule has 1 aliphatic rings. The van der Waals surface area contributed by atoms with Crippen molar-refractivity contribution >= 4 is 11.8 Å². The van der Waals surface area contributed by atoms with E-state index >= 15 is 0 Å². The highest BCUT2D eigenvalue weighted by molar-refractivity contribution is 5.99. The summed E-state index contributed by atoms with van der Waals surface area (Å²) in [7, 11) is 1.45. The molecule has 1 heterocycles. The van der Waals surface area contributed by atoms with Gasteiger partial charge in [-0.25, -0.2) is 0 Å². The van der Waals surface area contributed by atoms with E-state index in [4.69, 9.17) is 10.5 Å². The summed E-state index contributed by atoms with van der Waals surface area (Å²) >= 11 is 0. The highest BCUT2D eigenvalue weighted by Crippen LogP contribution is 2.29. The Kier molecular flexibility index (Phi) is 6.33. The predicted octanol–water partition coefficient (Wildman–Crippen LogP) is 0.732. The molecule has 1 saturated carbocycles. The number of aromatic nitrogens is 1. The van der Waals surface area contributed by atoms with Crippen LogP contribution in [-0.2, 0) is 6.54 Å². The predicted molar refractivity (Wildman–Crippen MR) is 109 cm³/mol. The van der Waals surface area contributed by atoms with Gasteiger partial charge in [-0.2, -0.15) is 0 Å². The van der Waals surface area contributed by atoms with Crippen molar-refractivity contribution in [2.75, 3.05) is 20.2 Å². The minimum atomic E-state index is -0.524. The molecule has 0 bridgehead atoms. The van der Waals surface area contributed by atoms with Gasteiger partial charge in [-0.1, -0.05) is 19.1 Å². The van der Waals surface area contributed by atoms with Crippen LogP contribution < -0.4 is 26.7 Å². The van der Waals surface area contributed by atoms with E-state index < -0.39 is 11.5 Å². The molecule has 1 aromatic carbocycles. The summed E-state index contributed by atoms with van der Waals surface area (Å²) in [5.41, 5.74) is 6.03. The maximum Gasteiger partial charge on any atom is 0.263 e. The summed E-state index contributed by atoms with van der Waals surface area (Å²) in [4.78, 5) is 37.5. The van der Waals surface area contributed by atoms with Crippen molar-refractivity contribution in [2.24, 2.45) is 11.7 Å². The van der Waals surface area contributed by atoms with Crippen LogP contribution >= 0.6 is 0 Å². The van der Waals surface area contributed by atoms with E-state index in [2.05, 4.69) is 17.6 Å². The maximum atomic E-state index is 12.8. The van der Waals surface area contributed by atoms with Crippen molar-refractivity contribution in [2.45, 2.75) is 25.9 Å². The second-order valence-electron chi connectivity index (χ2n) is 7.23. The van der Waals surface area contributed by atoms with E-state index in [-0.39, 0.29) is 29.6 Å². The van der Waals surface area contributed by atoms with Crippen LogP contribution in [0.3, 0.4) is 0 Å². The number of pyridine rings is 1. The molecule has 8 heteroatoms. The second kappa shape index (κ2) is 8.91. The van der Waals surface area contributed by atoms with Crippen LogP contribution in [0.1, 0.15) is 39.6 Å². The van der Waals surface area contributed by atoms with Gasteiger partial charge in [-0.05, 0) is 36.1 Å². The molecule has 1 aliphatic carbocycles. The fraction of sp³-hybridized carbons (Fsp3) is 0.381. The number of amides is 2. The highest BCUT2D eigenvalue weighted by Gasteiger charge is 2.34. The van der Waals surface area contributed by atoms with Crippen molar-refractivity contribution in [3.63, 3.8) is 0 Å². The highest BCUT2D eigenvalue weighted by atomic mass is 16.5. The third-order valence-electron chi connectivity index (χ3n) is 4.91. The number of rotatable bonds is 8. The molecule has 0 radical (unpaired) electrons. The Hall–Kier alpha value is -3.13. The van der Waals surface area contributed by atoms with Gasteiger partial charge in [-0.15, -0.1) is 0 Å². The lowest BCUT2D eigenvalue weighted by molar-refractivity contribution is 0.0948. The van der Waals surface area contributed by atoms with E-state index in [1.807, 2.05) is 12.1 Å². The van der Waals surface area contributed by atoms with Crippen molar-refractivity contribution < 1.29 is 14.3 Å². The molecule has 29 heavy (non-hydrogen) atoms. The molecular weight excluding hydrogens is 372 g/mol. The fourth-order valence-electron chi connectivity index (χ4n) is 3.01. The van der Waals surface area contributed by atoms with Gasteiger partial charge in [0.15, 0.2) is 0 Å². The van der Waals surface area contributed by atoms with Crippen LogP contribution in [0, 0.1) is 5.92 Å². The Labute approximate surface area is 169 Å². The Morgan fingerprint density at radius 1 is 1.24 bits per heavy atom. The Bertz CT molecular complexity index is 952. The molecule has 154 valence electrons. The van der Waals surface area contributed by atoms with Crippen molar-refractivity contribution in [1.29, 1.82) is 0 Å². The SMILES string of the molecule is CNC(=O)c1cc(C(=O)N[C@H]2C[C@@H]2C)cn(Cc2ccc(OCCN)cc2)c1=O. The first-order valence-electron chi connectivity index (χ1n) is 9.62. The number of nitrogens with zero attached hydrogens (tertiary/aromatic N) is 1. The third-order valence-corrected chi connectivity index (χ3v) is 4.91. The second-order valence-corrected chi connectivity index (χ2v) is 7.23. The minimum absolute atomic E-state index is 0.0631. The number of nitrogens with one attached hydrogen (secondary N) is 2. The fourth-order valence-corrected chi connectivity index (χ4v) is 3.01. The van der Waals surface area contributed by atoms with Crippen molar-refractivity contribution in [3.05, 3.63) is 63.6 Å². The van der Waals surface area contributed by atoms with Gasteiger partial charge in [0.2, 0.25) is 0 Å². The minimum Gasteiger partial charge on any atom is -0.492 e. The quantitative estimate of drug-likeness (QED) is 0.606. The van der Waals surface area contributed by atoms with Crippen molar-refractivity contribution in [3.8, 4) is 5.75 Å². The summed E-state index contributed by atoms with van der Waals surface area (Å²) in [6.07, 6.45) is 2.43. The monoisotopic (exact) mass is 398 g/mol. The van der Waals surface area contributed by atoms with Gasteiger partial charge in [0, 0.05) is 25.8 Å². The smallest absolute Gasteiger partial charge is 0.263 e. The lowest BCUT2D eigenvalue weighted by Gasteiger charge is -2.12. The van der Waals surface area contributed by atoms with E-state index in [1.165, 1.54) is 23.9 Å². The van der Waals surface area contributed by atoms with Gasteiger partial charge >= 0.3 is 0 Å². The first-order chi connectivity index (χ1) is 13.9. The van der Waals surface area contributed by atoms with Crippen LogP contribution in [0.4, 0.5) is 0 Å². The molecular formula is C21H26N4O4. The molecule has 8 nitrogen and oxygen atoms in total. The molecule has 4 N–H and O–H groups in total. The topological polar surface area (TPSA) is 115 Å². The number of nitrogens with two attached hydrogens (primary N) is 1. The molecule has 2 aromatic rings. The zero-order valence-electron chi connectivity index (χ0n) is 16.6. The number of benzene rings is 1. The number of carbonyl (C=O) groups excluding carboxylic acids is 2. The zero-order chi connectivity index (χ0) is 21.0. The molecule has 0 spiro atoms. The lowest BCUT2D eigenvalue weighted by atomic mass is 10.1. The summed E-state index contributed by atoms with van der Waals surface area (Å²) in [6.45, 7) is 3.13. The standard InChI is InChI=1S/C21H26N4O4/c1-13-9-18(13)24-19(26)15-10-17(20(27)23-2)21(28)25(12-15)11-14-3-5-16(6-4-14)29-8-7-22/h3-6,10,12-13,18H,7-9,11,22H2,1-2H3,(H,23,27)(H,24,26)/t13-,18-/m0/s1. The molecule has 3 rings (SSSR count). The molecule has 1 fully saturated rings. The molecule has 0 aliphatic heterocycles.